The molecule has 1 aliphatic heterocycles. The second-order valence-electron chi connectivity index (χ2n) is 13.6. The summed E-state index contributed by atoms with van der Waals surface area (Å²) in [6.45, 7) is 8.72. The molecule has 0 spiro atoms. The third kappa shape index (κ3) is 4.36. The standard InChI is InChI=1S/C45H34N2.C2H6/c1-3-45(2)38-17-7-6-16-35(38)36-22-21-32(26-39(36)45)42-37-23-20-27-10-4-5-15-34(27)43(37)47-44(46-42)33-24-30-14-9-12-28-11-8-13-29-18-19-31(25-33)41(30)40(28)29;1-2/h4-8,10-26,42H,3,9H2,1-2H3,(H,46,47);1-2H3. The van der Waals surface area contributed by atoms with Gasteiger partial charge in [-0.3, -0.25) is 4.99 Å². The number of hydrogen-bond donors (Lipinski definition) is 1. The van der Waals surface area contributed by atoms with Crippen molar-refractivity contribution < 1.29 is 0 Å². The predicted octanol–water partition coefficient (Wildman–Crippen LogP) is 10.8. The summed E-state index contributed by atoms with van der Waals surface area (Å²) in [7, 11) is 0. The van der Waals surface area contributed by atoms with Crippen LogP contribution in [0, 0.1) is 0 Å². The average Bonchev–Trinajstić information content (AvgIpc) is 3.27. The summed E-state index contributed by atoms with van der Waals surface area (Å²) in [4.78, 5) is 5.59. The van der Waals surface area contributed by atoms with Gasteiger partial charge in [0.05, 0.1) is 5.69 Å². The van der Waals surface area contributed by atoms with Gasteiger partial charge in [0.25, 0.3) is 0 Å². The van der Waals surface area contributed by atoms with Gasteiger partial charge in [-0.1, -0.05) is 149 Å². The second kappa shape index (κ2) is 11.3. The van der Waals surface area contributed by atoms with E-state index in [0.29, 0.717) is 0 Å². The minimum atomic E-state index is -0.128. The molecule has 0 radical (unpaired) electrons. The van der Waals surface area contributed by atoms with Gasteiger partial charge in [-0.2, -0.15) is 0 Å². The highest BCUT2D eigenvalue weighted by molar-refractivity contribution is 6.17. The first-order chi connectivity index (χ1) is 24.1. The fourth-order valence-electron chi connectivity index (χ4n) is 8.64. The molecule has 238 valence electrons. The highest BCUT2D eigenvalue weighted by Gasteiger charge is 2.38. The monoisotopic (exact) mass is 632 g/mol. The largest absolute Gasteiger partial charge is 0.339 e. The summed E-state index contributed by atoms with van der Waals surface area (Å²) in [5.41, 5.74) is 10.3. The van der Waals surface area contributed by atoms with Gasteiger partial charge in [0.1, 0.15) is 11.9 Å². The van der Waals surface area contributed by atoms with Crippen LogP contribution >= 0.6 is 0 Å². The molecule has 1 N–H and O–H groups in total. The third-order valence-corrected chi connectivity index (χ3v) is 11.2. The molecular formula is C47H40N2. The summed E-state index contributed by atoms with van der Waals surface area (Å²) in [5.74, 6) is 0.925. The van der Waals surface area contributed by atoms with E-state index in [1.807, 2.05) is 13.8 Å². The van der Waals surface area contributed by atoms with E-state index in [4.69, 9.17) is 4.99 Å². The van der Waals surface area contributed by atoms with Crippen LogP contribution in [0.2, 0.25) is 0 Å². The Balaban J connectivity index is 0.00000160. The minimum Gasteiger partial charge on any atom is -0.339 e. The fourth-order valence-corrected chi connectivity index (χ4v) is 8.64. The van der Waals surface area contributed by atoms with Crippen molar-refractivity contribution in [3.63, 3.8) is 0 Å². The molecule has 2 heteroatoms. The maximum atomic E-state index is 5.59. The minimum absolute atomic E-state index is 0.0262. The highest BCUT2D eigenvalue weighted by Crippen LogP contribution is 2.52. The molecule has 0 saturated heterocycles. The van der Waals surface area contributed by atoms with Gasteiger partial charge in [0.15, 0.2) is 0 Å². The van der Waals surface area contributed by atoms with Crippen molar-refractivity contribution in [2.45, 2.75) is 52.0 Å². The first-order valence-corrected chi connectivity index (χ1v) is 17.9. The summed E-state index contributed by atoms with van der Waals surface area (Å²) in [6, 6.07) is 45.1. The Kier molecular flexibility index (Phi) is 6.84. The lowest BCUT2D eigenvalue weighted by molar-refractivity contribution is 0.563. The summed E-state index contributed by atoms with van der Waals surface area (Å²) in [6.07, 6.45) is 6.69. The van der Waals surface area contributed by atoms with Gasteiger partial charge in [-0.25, -0.2) is 0 Å². The fraction of sp³-hybridized carbons (Fsp3) is 0.170. The number of nitrogens with zero attached hydrogens (tertiary/aromatic N) is 1. The van der Waals surface area contributed by atoms with E-state index < -0.39 is 0 Å². The Morgan fingerprint density at radius 3 is 2.31 bits per heavy atom. The summed E-state index contributed by atoms with van der Waals surface area (Å²) < 4.78 is 0. The zero-order valence-corrected chi connectivity index (χ0v) is 28.6. The highest BCUT2D eigenvalue weighted by atomic mass is 15.0. The van der Waals surface area contributed by atoms with Gasteiger partial charge in [-0.05, 0) is 90.2 Å². The molecule has 2 nitrogen and oxygen atoms in total. The molecule has 0 saturated carbocycles. The van der Waals surface area contributed by atoms with Crippen molar-refractivity contribution in [3.05, 3.63) is 160 Å². The maximum Gasteiger partial charge on any atom is 0.133 e. The Hall–Kier alpha value is -5.47. The molecule has 1 heterocycles. The number of amidine groups is 1. The van der Waals surface area contributed by atoms with Crippen LogP contribution in [0.25, 0.3) is 55.6 Å². The van der Waals surface area contributed by atoms with E-state index in [1.54, 1.807) is 0 Å². The van der Waals surface area contributed by atoms with E-state index in [9.17, 15) is 0 Å². The average molecular weight is 633 g/mol. The first-order valence-electron chi connectivity index (χ1n) is 17.9. The van der Waals surface area contributed by atoms with Crippen LogP contribution in [-0.2, 0) is 5.41 Å². The molecule has 3 aliphatic rings. The summed E-state index contributed by atoms with van der Waals surface area (Å²) in [5, 5.41) is 14.2. The molecule has 0 aromatic heterocycles. The van der Waals surface area contributed by atoms with Gasteiger partial charge in [0, 0.05) is 21.9 Å². The van der Waals surface area contributed by atoms with Gasteiger partial charge in [-0.15, -0.1) is 0 Å². The topological polar surface area (TPSA) is 24.4 Å². The summed E-state index contributed by atoms with van der Waals surface area (Å²) >= 11 is 0. The van der Waals surface area contributed by atoms with Crippen molar-refractivity contribution in [2.24, 2.45) is 4.99 Å². The van der Waals surface area contributed by atoms with Gasteiger partial charge < -0.3 is 5.32 Å². The molecule has 10 rings (SSSR count). The number of nitrogens with one attached hydrogen (secondary N) is 1. The second-order valence-corrected chi connectivity index (χ2v) is 13.6. The van der Waals surface area contributed by atoms with E-state index >= 15 is 0 Å². The van der Waals surface area contributed by atoms with Crippen molar-refractivity contribution in [2.75, 3.05) is 5.32 Å². The van der Waals surface area contributed by atoms with E-state index in [-0.39, 0.29) is 11.5 Å². The van der Waals surface area contributed by atoms with E-state index in [0.717, 1.165) is 29.9 Å². The molecule has 0 fully saturated rings. The number of anilines is 1. The maximum absolute atomic E-state index is 5.59. The van der Waals surface area contributed by atoms with Gasteiger partial charge >= 0.3 is 0 Å². The number of fused-ring (bicyclic) bond motifs is 6. The van der Waals surface area contributed by atoms with Crippen molar-refractivity contribution in [3.8, 4) is 11.1 Å². The quantitative estimate of drug-likeness (QED) is 0.193. The van der Waals surface area contributed by atoms with Crippen LogP contribution in [0.3, 0.4) is 0 Å². The van der Waals surface area contributed by atoms with Crippen LogP contribution in [0.1, 0.15) is 74.4 Å². The first kappa shape index (κ1) is 29.7. The van der Waals surface area contributed by atoms with Crippen LogP contribution in [0.15, 0.2) is 126 Å². The molecule has 2 unspecified atom stereocenters. The van der Waals surface area contributed by atoms with Gasteiger partial charge in [0.2, 0.25) is 0 Å². The van der Waals surface area contributed by atoms with Crippen LogP contribution < -0.4 is 15.8 Å². The number of benzene rings is 7. The zero-order chi connectivity index (χ0) is 33.3. The molecule has 2 atom stereocenters. The number of rotatable bonds is 3. The normalized spacial score (nSPS) is 18.3. The molecule has 2 aliphatic carbocycles. The predicted molar refractivity (Wildman–Crippen MR) is 210 cm³/mol. The van der Waals surface area contributed by atoms with E-state index in [2.05, 4.69) is 153 Å². The van der Waals surface area contributed by atoms with Crippen LogP contribution in [0.5, 0.6) is 0 Å². The SMILES string of the molecule is CC.CCC1(C)c2ccccc2-c2ccc(C3N=C(c4cc5c6c(ccc7cccc(c76)=CCC=5)c4)Nc4c3ccc3ccccc43)cc21. The Morgan fingerprint density at radius 2 is 1.41 bits per heavy atom. The lowest BCUT2D eigenvalue weighted by atomic mass is 9.77. The smallest absolute Gasteiger partial charge is 0.133 e. The van der Waals surface area contributed by atoms with Crippen LogP contribution in [0.4, 0.5) is 5.69 Å². The molecule has 7 aromatic rings. The van der Waals surface area contributed by atoms with E-state index in [1.165, 1.54) is 76.1 Å². The Labute approximate surface area is 288 Å². The van der Waals surface area contributed by atoms with Crippen molar-refractivity contribution in [1.82, 2.24) is 0 Å². The zero-order valence-electron chi connectivity index (χ0n) is 28.6. The van der Waals surface area contributed by atoms with Crippen molar-refractivity contribution >= 4 is 56.0 Å². The molecule has 7 aromatic carbocycles. The molecule has 0 bridgehead atoms. The van der Waals surface area contributed by atoms with Crippen LogP contribution in [-0.4, -0.2) is 5.84 Å². The molecule has 49 heavy (non-hydrogen) atoms. The van der Waals surface area contributed by atoms with Crippen molar-refractivity contribution in [1.29, 1.82) is 0 Å². The lowest BCUT2D eigenvalue weighted by Crippen LogP contribution is -2.24. The Bertz CT molecular complexity index is 2640. The third-order valence-electron chi connectivity index (χ3n) is 11.2. The lowest BCUT2D eigenvalue weighted by Gasteiger charge is -2.29. The number of aliphatic imine (C=N–C) groups is 1. The molecular weight excluding hydrogens is 593 g/mol. The molecule has 0 amide bonds. The number of hydrogen-bond acceptors (Lipinski definition) is 2. The Morgan fingerprint density at radius 1 is 0.673 bits per heavy atom.